The smallest absolute Gasteiger partial charge is 0.301 e. The number of rotatable bonds is 26. The normalized spacial score (nSPS) is 13.7. The summed E-state index contributed by atoms with van der Waals surface area (Å²) in [6, 6.07) is 0. The van der Waals surface area contributed by atoms with Gasteiger partial charge in [-0.25, -0.2) is 4.57 Å². The van der Waals surface area contributed by atoms with E-state index in [9.17, 15) is 9.46 Å². The molecule has 32 heavy (non-hydrogen) atoms. The van der Waals surface area contributed by atoms with Gasteiger partial charge >= 0.3 is 7.82 Å². The van der Waals surface area contributed by atoms with Gasteiger partial charge in [-0.3, -0.25) is 4.52 Å². The summed E-state index contributed by atoms with van der Waals surface area (Å²) >= 11 is 0. The van der Waals surface area contributed by atoms with Crippen molar-refractivity contribution in [3.63, 3.8) is 0 Å². The van der Waals surface area contributed by atoms with E-state index in [0.717, 1.165) is 32.1 Å². The van der Waals surface area contributed by atoms with Crippen LogP contribution in [0.25, 0.3) is 0 Å². The van der Waals surface area contributed by atoms with Crippen LogP contribution in [-0.2, 0) is 13.7 Å². The first kappa shape index (κ1) is 32.1. The molecule has 6 heteroatoms. The molecule has 0 aliphatic rings. The lowest BCUT2D eigenvalue weighted by atomic mass is 10.0. The molecule has 0 saturated carbocycles. The zero-order valence-corrected chi connectivity index (χ0v) is 22.6. The van der Waals surface area contributed by atoms with Gasteiger partial charge in [-0.1, -0.05) is 136 Å². The van der Waals surface area contributed by atoms with Crippen molar-refractivity contribution in [2.24, 2.45) is 5.92 Å². The third-order valence-electron chi connectivity index (χ3n) is 5.99. The Hall–Kier alpha value is 0.0700. The average Bonchev–Trinajstić information content (AvgIpc) is 2.75. The fourth-order valence-electron chi connectivity index (χ4n) is 3.91. The van der Waals surface area contributed by atoms with E-state index in [1.165, 1.54) is 96.3 Å². The van der Waals surface area contributed by atoms with Gasteiger partial charge in [0.15, 0.2) is 0 Å². The van der Waals surface area contributed by atoms with E-state index in [1.54, 1.807) is 0 Å². The van der Waals surface area contributed by atoms with Gasteiger partial charge in [0, 0.05) is 6.54 Å². The highest BCUT2D eigenvalue weighted by Crippen LogP contribution is 2.42. The van der Waals surface area contributed by atoms with E-state index in [1.807, 2.05) is 0 Å². The molecule has 1 unspecified atom stereocenters. The highest BCUT2D eigenvalue weighted by atomic mass is 31.2. The lowest BCUT2D eigenvalue weighted by Gasteiger charge is -2.12. The van der Waals surface area contributed by atoms with Crippen LogP contribution in [0, 0.1) is 5.92 Å². The first-order chi connectivity index (χ1) is 15.5. The van der Waals surface area contributed by atoms with Crippen molar-refractivity contribution in [3.05, 3.63) is 0 Å². The second-order valence-corrected chi connectivity index (χ2v) is 11.2. The molecule has 0 fully saturated rings. The van der Waals surface area contributed by atoms with Crippen LogP contribution < -0.4 is 5.48 Å². The number of unbranched alkanes of at least 4 members (excludes halogenated alkanes) is 17. The predicted molar refractivity (Wildman–Crippen MR) is 138 cm³/mol. The van der Waals surface area contributed by atoms with E-state index >= 15 is 0 Å². The first-order valence-electron chi connectivity index (χ1n) is 13.9. The molecule has 5 nitrogen and oxygen atoms in total. The van der Waals surface area contributed by atoms with Crippen molar-refractivity contribution in [3.8, 4) is 0 Å². The van der Waals surface area contributed by atoms with Crippen LogP contribution in [0.3, 0.4) is 0 Å². The van der Waals surface area contributed by atoms with Crippen LogP contribution in [0.4, 0.5) is 0 Å². The Kier molecular flexibility index (Phi) is 24.3. The van der Waals surface area contributed by atoms with E-state index < -0.39 is 7.82 Å². The van der Waals surface area contributed by atoms with Gasteiger partial charge in [0.25, 0.3) is 0 Å². The Morgan fingerprint density at radius 2 is 1.12 bits per heavy atom. The van der Waals surface area contributed by atoms with Crippen LogP contribution in [0.5, 0.6) is 0 Å². The molecule has 0 aromatic rings. The number of hydrogen-bond acceptors (Lipinski definition) is 4. The van der Waals surface area contributed by atoms with Crippen molar-refractivity contribution in [2.75, 3.05) is 13.2 Å². The maximum atomic E-state index is 11.8. The first-order valence-corrected chi connectivity index (χ1v) is 15.4. The molecular formula is C26H56NO4P. The Balaban J connectivity index is 3.25. The lowest BCUT2D eigenvalue weighted by molar-refractivity contribution is 0.0947. The summed E-state index contributed by atoms with van der Waals surface area (Å²) in [5.74, 6) is 0.705. The molecule has 0 aromatic heterocycles. The minimum Gasteiger partial charge on any atom is -0.301 e. The predicted octanol–water partition coefficient (Wildman–Crippen LogP) is 9.10. The van der Waals surface area contributed by atoms with Gasteiger partial charge in [0.2, 0.25) is 0 Å². The maximum Gasteiger partial charge on any atom is 0.488 e. The number of phosphoric acid groups is 1. The lowest BCUT2D eigenvalue weighted by Crippen LogP contribution is -2.15. The largest absolute Gasteiger partial charge is 0.488 e. The quantitative estimate of drug-likeness (QED) is 0.0738. The van der Waals surface area contributed by atoms with Gasteiger partial charge in [0.1, 0.15) is 0 Å². The van der Waals surface area contributed by atoms with Gasteiger partial charge in [-0.2, -0.15) is 10.1 Å². The van der Waals surface area contributed by atoms with Crippen LogP contribution in [0.1, 0.15) is 149 Å². The molecule has 0 saturated heterocycles. The van der Waals surface area contributed by atoms with E-state index in [2.05, 4.69) is 26.3 Å². The molecule has 0 radical (unpaired) electrons. The van der Waals surface area contributed by atoms with Crippen molar-refractivity contribution in [1.82, 2.24) is 5.48 Å². The molecule has 2 N–H and O–H groups in total. The van der Waals surface area contributed by atoms with Gasteiger partial charge in [0.05, 0.1) is 6.61 Å². The molecule has 194 valence electrons. The molecule has 0 amide bonds. The Morgan fingerprint density at radius 3 is 1.59 bits per heavy atom. The Labute approximate surface area is 200 Å². The number of hydrogen-bond donors (Lipinski definition) is 2. The summed E-state index contributed by atoms with van der Waals surface area (Å²) < 4.78 is 21.6. The molecule has 0 aliphatic carbocycles. The summed E-state index contributed by atoms with van der Waals surface area (Å²) in [5.41, 5.74) is 2.60. The second-order valence-electron chi connectivity index (χ2n) is 9.83. The second kappa shape index (κ2) is 24.2. The summed E-state index contributed by atoms with van der Waals surface area (Å²) in [4.78, 5) is 9.64. The van der Waals surface area contributed by atoms with Crippen LogP contribution in [-0.4, -0.2) is 18.0 Å². The minimum absolute atomic E-state index is 0.270. The van der Waals surface area contributed by atoms with Gasteiger partial charge in [-0.05, 0) is 18.8 Å². The number of phosphoric ester groups is 1. The topological polar surface area (TPSA) is 67.8 Å². The SMILES string of the molecule is CCCCCCCCCCCCCCCCCCNOP(=O)(O)OCCCCCC(C)C. The fourth-order valence-corrected chi connectivity index (χ4v) is 4.58. The summed E-state index contributed by atoms with van der Waals surface area (Å²) in [6.07, 6.45) is 25.5. The van der Waals surface area contributed by atoms with Gasteiger partial charge < -0.3 is 4.89 Å². The molecule has 0 aromatic carbocycles. The van der Waals surface area contributed by atoms with Crippen molar-refractivity contribution in [2.45, 2.75) is 149 Å². The molecular weight excluding hydrogens is 421 g/mol. The average molecular weight is 478 g/mol. The molecule has 0 aliphatic heterocycles. The summed E-state index contributed by atoms with van der Waals surface area (Å²) in [7, 11) is -3.96. The minimum atomic E-state index is -3.96. The van der Waals surface area contributed by atoms with Crippen LogP contribution >= 0.6 is 7.82 Å². The third kappa shape index (κ3) is 26.3. The zero-order chi connectivity index (χ0) is 23.8. The van der Waals surface area contributed by atoms with Crippen molar-refractivity contribution in [1.29, 1.82) is 0 Å². The fraction of sp³-hybridized carbons (Fsp3) is 1.00. The number of nitrogens with one attached hydrogen (secondary N) is 1. The van der Waals surface area contributed by atoms with Crippen LogP contribution in [0.2, 0.25) is 0 Å². The van der Waals surface area contributed by atoms with E-state index in [-0.39, 0.29) is 6.61 Å². The van der Waals surface area contributed by atoms with E-state index in [0.29, 0.717) is 12.5 Å². The van der Waals surface area contributed by atoms with Crippen molar-refractivity contribution >= 4 is 7.82 Å². The molecule has 1 atom stereocenters. The molecule has 0 spiro atoms. The number of hydroxylamine groups is 1. The zero-order valence-electron chi connectivity index (χ0n) is 21.8. The molecule has 0 bridgehead atoms. The Morgan fingerprint density at radius 1 is 0.688 bits per heavy atom. The standard InChI is InChI=1S/C26H56NO4P/c1-4-5-6-7-8-9-10-11-12-13-14-15-16-17-18-21-24-27-31-32(28,29)30-25-22-19-20-23-26(2)3/h26-27H,4-25H2,1-3H3,(H,28,29). The van der Waals surface area contributed by atoms with E-state index in [4.69, 9.17) is 9.15 Å². The maximum absolute atomic E-state index is 11.8. The van der Waals surface area contributed by atoms with Gasteiger partial charge in [-0.15, -0.1) is 0 Å². The Bertz CT molecular complexity index is 421. The summed E-state index contributed by atoms with van der Waals surface area (Å²) in [5, 5.41) is 0. The molecule has 0 heterocycles. The molecule has 0 rings (SSSR count). The monoisotopic (exact) mass is 477 g/mol. The third-order valence-corrected chi connectivity index (χ3v) is 6.86. The highest BCUT2D eigenvalue weighted by molar-refractivity contribution is 7.47. The van der Waals surface area contributed by atoms with Crippen molar-refractivity contribution < 1.29 is 18.6 Å². The highest BCUT2D eigenvalue weighted by Gasteiger charge is 2.20. The summed E-state index contributed by atoms with van der Waals surface area (Å²) in [6.45, 7) is 7.54. The van der Waals surface area contributed by atoms with Crippen LogP contribution in [0.15, 0.2) is 0 Å².